The molecule has 0 saturated carbocycles. The van der Waals surface area contributed by atoms with Gasteiger partial charge in [0, 0.05) is 28.2 Å². The number of nitrogens with one attached hydrogen (secondary N) is 2. The summed E-state index contributed by atoms with van der Waals surface area (Å²) in [6.45, 7) is -0.301. The van der Waals surface area contributed by atoms with E-state index in [0.29, 0.717) is 11.1 Å². The van der Waals surface area contributed by atoms with Crippen LogP contribution in [0.1, 0.15) is 11.1 Å². The number of carbonyl (C=O) groups is 3. The highest BCUT2D eigenvalue weighted by Gasteiger charge is 2.35. The first-order chi connectivity index (χ1) is 17.4. The van der Waals surface area contributed by atoms with Crippen LogP contribution in [0.3, 0.4) is 0 Å². The monoisotopic (exact) mass is 486 g/mol. The lowest BCUT2D eigenvalue weighted by atomic mass is 10.1. The van der Waals surface area contributed by atoms with Crippen LogP contribution in [-0.4, -0.2) is 33.9 Å². The largest absolute Gasteiger partial charge is 0.342 e. The SMILES string of the molecule is O=C(CN1C(=O)N/C(=C/c2cn(Cc3ccccc3F)c3ccccc23)C1=O)Nc1ccccc1F. The zero-order chi connectivity index (χ0) is 25.2. The molecule has 0 radical (unpaired) electrons. The Morgan fingerprint density at radius 3 is 2.39 bits per heavy atom. The lowest BCUT2D eigenvalue weighted by Gasteiger charge is -2.12. The van der Waals surface area contributed by atoms with Gasteiger partial charge in [-0.05, 0) is 30.3 Å². The van der Waals surface area contributed by atoms with Crippen LogP contribution >= 0.6 is 0 Å². The molecule has 1 saturated heterocycles. The molecule has 1 aliphatic rings. The first-order valence-electron chi connectivity index (χ1n) is 11.1. The van der Waals surface area contributed by atoms with Gasteiger partial charge < -0.3 is 15.2 Å². The topological polar surface area (TPSA) is 83.4 Å². The van der Waals surface area contributed by atoms with Gasteiger partial charge in [0.05, 0.1) is 12.2 Å². The molecule has 1 fully saturated rings. The maximum Gasteiger partial charge on any atom is 0.329 e. The molecule has 0 atom stereocenters. The summed E-state index contributed by atoms with van der Waals surface area (Å²) in [6, 6.07) is 18.8. The Bertz CT molecular complexity index is 1540. The fourth-order valence-electron chi connectivity index (χ4n) is 4.10. The third kappa shape index (κ3) is 4.46. The highest BCUT2D eigenvalue weighted by atomic mass is 19.1. The molecule has 36 heavy (non-hydrogen) atoms. The molecule has 180 valence electrons. The molecule has 7 nitrogen and oxygen atoms in total. The summed E-state index contributed by atoms with van der Waals surface area (Å²) in [6.07, 6.45) is 3.30. The van der Waals surface area contributed by atoms with Gasteiger partial charge in [0.2, 0.25) is 5.91 Å². The zero-order valence-electron chi connectivity index (χ0n) is 18.9. The van der Waals surface area contributed by atoms with Crippen molar-refractivity contribution >= 4 is 40.5 Å². The molecule has 0 spiro atoms. The number of urea groups is 1. The normalized spacial score (nSPS) is 14.5. The Morgan fingerprint density at radius 1 is 0.917 bits per heavy atom. The third-order valence-electron chi connectivity index (χ3n) is 5.83. The maximum absolute atomic E-state index is 14.2. The van der Waals surface area contributed by atoms with E-state index in [-0.39, 0.29) is 23.7 Å². The summed E-state index contributed by atoms with van der Waals surface area (Å²) in [5, 5.41) is 5.65. The minimum atomic E-state index is -0.759. The summed E-state index contributed by atoms with van der Waals surface area (Å²) in [5.74, 6) is -2.35. The summed E-state index contributed by atoms with van der Waals surface area (Å²) >= 11 is 0. The van der Waals surface area contributed by atoms with E-state index in [2.05, 4.69) is 10.6 Å². The Labute approximate surface area is 204 Å². The predicted molar refractivity (Wildman–Crippen MR) is 131 cm³/mol. The van der Waals surface area contributed by atoms with Crippen molar-refractivity contribution in [2.45, 2.75) is 6.54 Å². The first kappa shape index (κ1) is 23.0. The van der Waals surface area contributed by atoms with Gasteiger partial charge in [-0.3, -0.25) is 9.59 Å². The number of imide groups is 1. The quantitative estimate of drug-likeness (QED) is 0.311. The summed E-state index contributed by atoms with van der Waals surface area (Å²) < 4.78 is 29.9. The molecule has 2 heterocycles. The third-order valence-corrected chi connectivity index (χ3v) is 5.83. The number of fused-ring (bicyclic) bond motifs is 1. The predicted octanol–water partition coefficient (Wildman–Crippen LogP) is 4.50. The van der Waals surface area contributed by atoms with E-state index in [0.717, 1.165) is 15.8 Å². The second-order valence-corrected chi connectivity index (χ2v) is 8.23. The fraction of sp³-hybridized carbons (Fsp3) is 0.0741. The minimum Gasteiger partial charge on any atom is -0.342 e. The molecule has 5 rings (SSSR count). The highest BCUT2D eigenvalue weighted by Crippen LogP contribution is 2.26. The van der Waals surface area contributed by atoms with E-state index in [1.807, 2.05) is 28.8 Å². The van der Waals surface area contributed by atoms with E-state index in [1.54, 1.807) is 30.5 Å². The molecule has 0 aliphatic carbocycles. The fourth-order valence-corrected chi connectivity index (χ4v) is 4.10. The van der Waals surface area contributed by atoms with Gasteiger partial charge in [0.15, 0.2) is 0 Å². The van der Waals surface area contributed by atoms with Gasteiger partial charge in [-0.2, -0.15) is 0 Å². The van der Waals surface area contributed by atoms with Gasteiger partial charge >= 0.3 is 6.03 Å². The Morgan fingerprint density at radius 2 is 1.61 bits per heavy atom. The minimum absolute atomic E-state index is 0.00696. The molecule has 1 aromatic heterocycles. The second kappa shape index (κ2) is 9.46. The van der Waals surface area contributed by atoms with E-state index in [1.165, 1.54) is 30.3 Å². The number of anilines is 1. The van der Waals surface area contributed by atoms with Crippen LogP contribution in [0.25, 0.3) is 17.0 Å². The van der Waals surface area contributed by atoms with Crippen LogP contribution in [-0.2, 0) is 16.1 Å². The van der Waals surface area contributed by atoms with Gasteiger partial charge in [0.25, 0.3) is 5.91 Å². The number of benzene rings is 3. The van der Waals surface area contributed by atoms with Crippen LogP contribution in [0, 0.1) is 11.6 Å². The Hall–Kier alpha value is -4.79. The zero-order valence-corrected chi connectivity index (χ0v) is 18.9. The maximum atomic E-state index is 14.2. The molecule has 9 heteroatoms. The Balaban J connectivity index is 1.39. The number of carbonyl (C=O) groups excluding carboxylic acids is 3. The molecular weight excluding hydrogens is 466 g/mol. The van der Waals surface area contributed by atoms with Crippen LogP contribution in [0.15, 0.2) is 84.7 Å². The molecule has 4 aromatic rings. The van der Waals surface area contributed by atoms with Crippen LogP contribution in [0.2, 0.25) is 0 Å². The first-order valence-corrected chi connectivity index (χ1v) is 11.1. The van der Waals surface area contributed by atoms with Gasteiger partial charge in [-0.15, -0.1) is 0 Å². The van der Waals surface area contributed by atoms with Gasteiger partial charge in [-0.25, -0.2) is 18.5 Å². The van der Waals surface area contributed by atoms with Gasteiger partial charge in [-0.1, -0.05) is 48.5 Å². The number of hydrogen-bond donors (Lipinski definition) is 2. The number of para-hydroxylation sites is 2. The number of nitrogens with zero attached hydrogens (tertiary/aromatic N) is 2. The van der Waals surface area contributed by atoms with Crippen molar-refractivity contribution in [2.75, 3.05) is 11.9 Å². The van der Waals surface area contributed by atoms with Crippen LogP contribution < -0.4 is 10.6 Å². The average molecular weight is 486 g/mol. The van der Waals surface area contributed by atoms with Crippen molar-refractivity contribution in [1.29, 1.82) is 0 Å². The standard InChI is InChI=1S/C27H20F2N4O3/c28-20-9-3-1-7-17(20)14-32-15-18(19-8-2-6-12-24(19)32)13-23-26(35)33(27(36)31-23)16-25(34)30-22-11-5-4-10-21(22)29/h1-13,15H,14,16H2,(H,30,34)(H,31,36)/b23-13+. The van der Waals surface area contributed by atoms with Gasteiger partial charge in [0.1, 0.15) is 23.9 Å². The highest BCUT2D eigenvalue weighted by molar-refractivity contribution is 6.16. The summed E-state index contributed by atoms with van der Waals surface area (Å²) in [4.78, 5) is 38.5. The van der Waals surface area contributed by atoms with E-state index in [9.17, 15) is 23.2 Å². The van der Waals surface area contributed by atoms with Crippen molar-refractivity contribution in [3.63, 3.8) is 0 Å². The lowest BCUT2D eigenvalue weighted by Crippen LogP contribution is -2.38. The number of rotatable bonds is 6. The van der Waals surface area contributed by atoms with E-state index in [4.69, 9.17) is 0 Å². The van der Waals surface area contributed by atoms with E-state index >= 15 is 0 Å². The van der Waals surface area contributed by atoms with Crippen LogP contribution in [0.5, 0.6) is 0 Å². The van der Waals surface area contributed by atoms with Crippen LogP contribution in [0.4, 0.5) is 19.3 Å². The second-order valence-electron chi connectivity index (χ2n) is 8.23. The molecule has 2 N–H and O–H groups in total. The molecule has 1 aliphatic heterocycles. The van der Waals surface area contributed by atoms with Crippen molar-refractivity contribution in [3.8, 4) is 0 Å². The number of hydrogen-bond acceptors (Lipinski definition) is 3. The van der Waals surface area contributed by atoms with Crippen molar-refractivity contribution < 1.29 is 23.2 Å². The van der Waals surface area contributed by atoms with Crippen molar-refractivity contribution in [2.24, 2.45) is 0 Å². The number of amides is 4. The Kier molecular flexibility index (Phi) is 6.03. The number of aromatic nitrogens is 1. The smallest absolute Gasteiger partial charge is 0.329 e. The summed E-state index contributed by atoms with van der Waals surface area (Å²) in [5.41, 5.74) is 1.92. The molecule has 4 amide bonds. The van der Waals surface area contributed by atoms with Crippen molar-refractivity contribution in [3.05, 3.63) is 107 Å². The molecule has 0 unspecified atom stereocenters. The molecular formula is C27H20F2N4O3. The molecule has 3 aromatic carbocycles. The number of halogens is 2. The van der Waals surface area contributed by atoms with E-state index < -0.39 is 30.2 Å². The molecule has 0 bridgehead atoms. The lowest BCUT2D eigenvalue weighted by molar-refractivity contribution is -0.127. The average Bonchev–Trinajstić information content (AvgIpc) is 3.34. The van der Waals surface area contributed by atoms with Crippen molar-refractivity contribution in [1.82, 2.24) is 14.8 Å². The summed E-state index contributed by atoms with van der Waals surface area (Å²) in [7, 11) is 0.